The van der Waals surface area contributed by atoms with Crippen LogP contribution in [0.25, 0.3) is 5.69 Å². The number of aromatic hydroxyl groups is 1. The summed E-state index contributed by atoms with van der Waals surface area (Å²) in [6.45, 7) is 0. The second kappa shape index (κ2) is 9.20. The van der Waals surface area contributed by atoms with Crippen molar-refractivity contribution in [1.29, 1.82) is 0 Å². The highest BCUT2D eigenvalue weighted by Crippen LogP contribution is 2.17. The lowest BCUT2D eigenvalue weighted by atomic mass is 10.3. The Bertz CT molecular complexity index is 995. The molecular formula is C16H12BrN5O5. The van der Waals surface area contributed by atoms with Crippen LogP contribution in [0, 0.1) is 0 Å². The van der Waals surface area contributed by atoms with Gasteiger partial charge in [-0.2, -0.15) is 14.9 Å². The molecule has 3 N–H and O–H groups in total. The largest absolute Gasteiger partial charge is 0.492 e. The maximum atomic E-state index is 12.1. The third-order valence-electron chi connectivity index (χ3n) is 2.92. The fraction of sp³-hybridized carbons (Fsp3) is 0. The van der Waals surface area contributed by atoms with E-state index >= 15 is 0 Å². The van der Waals surface area contributed by atoms with Gasteiger partial charge in [0.25, 0.3) is 5.56 Å². The fourth-order valence-corrected chi connectivity index (χ4v) is 2.11. The van der Waals surface area contributed by atoms with Crippen molar-refractivity contribution in [3.63, 3.8) is 0 Å². The molecule has 0 saturated carbocycles. The van der Waals surface area contributed by atoms with Crippen LogP contribution in [0.3, 0.4) is 0 Å². The molecule has 10 nitrogen and oxygen atoms in total. The molecule has 0 saturated heterocycles. The number of nitrogens with one attached hydrogen (secondary N) is 1. The van der Waals surface area contributed by atoms with E-state index in [0.717, 1.165) is 4.68 Å². The predicted molar refractivity (Wildman–Crippen MR) is 97.5 cm³/mol. The number of anilines is 1. The predicted octanol–water partition coefficient (Wildman–Crippen LogP) is 1.20. The monoisotopic (exact) mass is 433 g/mol. The quantitative estimate of drug-likeness (QED) is 0.510. The number of halogens is 1. The van der Waals surface area contributed by atoms with Crippen LogP contribution in [-0.2, 0) is 9.59 Å². The van der Waals surface area contributed by atoms with Gasteiger partial charge >= 0.3 is 11.9 Å². The van der Waals surface area contributed by atoms with E-state index in [1.54, 1.807) is 36.4 Å². The maximum absolute atomic E-state index is 12.1. The molecule has 0 aliphatic heterocycles. The third kappa shape index (κ3) is 5.44. The smallest absolute Gasteiger partial charge is 0.394 e. The van der Waals surface area contributed by atoms with Crippen LogP contribution >= 0.6 is 15.9 Å². The lowest BCUT2D eigenvalue weighted by Gasteiger charge is -2.08. The van der Waals surface area contributed by atoms with Crippen LogP contribution in [0.1, 0.15) is 0 Å². The zero-order valence-electron chi connectivity index (χ0n) is 13.5. The molecule has 11 heteroatoms. The van der Waals surface area contributed by atoms with Gasteiger partial charge in [0.2, 0.25) is 5.88 Å². The molecule has 0 fully saturated rings. The number of aliphatic carboxylic acids is 1. The minimum absolute atomic E-state index is 0.00502. The Morgan fingerprint density at radius 1 is 1.11 bits per heavy atom. The van der Waals surface area contributed by atoms with Gasteiger partial charge in [-0.05, 0) is 34.1 Å². The standard InChI is InChI=1S/C12H8BrN3O4.C4H4N2O/c13-9-8(15-10(17)12(19)20)6-14-16(11(9)18)7-4-2-1-3-5-7;7-4-2-1-3-5-6-4/h1-6H,(H,15,17)(H,19,20);1-3H,(H,6,7). The fourth-order valence-electron chi connectivity index (χ4n) is 1.74. The van der Waals surface area contributed by atoms with Gasteiger partial charge in [0.15, 0.2) is 0 Å². The van der Waals surface area contributed by atoms with Crippen molar-refractivity contribution in [2.75, 3.05) is 5.32 Å². The van der Waals surface area contributed by atoms with E-state index in [9.17, 15) is 14.4 Å². The van der Waals surface area contributed by atoms with Crippen molar-refractivity contribution in [3.05, 3.63) is 69.7 Å². The molecule has 3 rings (SSSR count). The van der Waals surface area contributed by atoms with Gasteiger partial charge in [-0.15, -0.1) is 5.10 Å². The SMILES string of the molecule is O=C(O)C(=O)Nc1cnn(-c2ccccc2)c(=O)c1Br.Oc1cccnn1. The summed E-state index contributed by atoms with van der Waals surface area (Å²) in [6, 6.07) is 11.8. The molecule has 27 heavy (non-hydrogen) atoms. The molecule has 0 radical (unpaired) electrons. The minimum atomic E-state index is -1.65. The number of carboxylic acid groups (broad SMARTS) is 1. The lowest BCUT2D eigenvalue weighted by molar-refractivity contribution is -0.147. The van der Waals surface area contributed by atoms with Crippen molar-refractivity contribution in [1.82, 2.24) is 20.0 Å². The number of nitrogens with zero attached hydrogens (tertiary/aromatic N) is 4. The van der Waals surface area contributed by atoms with Crippen LogP contribution in [0.2, 0.25) is 0 Å². The van der Waals surface area contributed by atoms with Gasteiger partial charge in [0, 0.05) is 12.3 Å². The summed E-state index contributed by atoms with van der Waals surface area (Å²) >= 11 is 3.02. The number of carboxylic acids is 1. The highest BCUT2D eigenvalue weighted by atomic mass is 79.9. The number of para-hydroxylation sites is 1. The minimum Gasteiger partial charge on any atom is -0.492 e. The lowest BCUT2D eigenvalue weighted by Crippen LogP contribution is -2.27. The third-order valence-corrected chi connectivity index (χ3v) is 3.69. The van der Waals surface area contributed by atoms with Crippen LogP contribution in [-0.4, -0.2) is 42.1 Å². The zero-order chi connectivity index (χ0) is 19.8. The molecule has 2 heterocycles. The molecule has 0 aliphatic rings. The van der Waals surface area contributed by atoms with E-state index in [1.165, 1.54) is 18.5 Å². The number of carbonyl (C=O) groups is 2. The molecule has 1 amide bonds. The van der Waals surface area contributed by atoms with Crippen molar-refractivity contribution in [2.24, 2.45) is 0 Å². The van der Waals surface area contributed by atoms with Crippen molar-refractivity contribution >= 4 is 33.5 Å². The van der Waals surface area contributed by atoms with Gasteiger partial charge in [-0.3, -0.25) is 9.59 Å². The second-order valence-corrected chi connectivity index (χ2v) is 5.56. The van der Waals surface area contributed by atoms with Gasteiger partial charge in [-0.1, -0.05) is 18.2 Å². The first-order chi connectivity index (χ1) is 12.9. The number of benzene rings is 1. The van der Waals surface area contributed by atoms with Gasteiger partial charge < -0.3 is 15.5 Å². The first-order valence-electron chi connectivity index (χ1n) is 7.24. The Morgan fingerprint density at radius 3 is 2.33 bits per heavy atom. The average molecular weight is 434 g/mol. The van der Waals surface area contributed by atoms with E-state index in [1.807, 2.05) is 0 Å². The summed E-state index contributed by atoms with van der Waals surface area (Å²) < 4.78 is 1.14. The Hall–Kier alpha value is -3.60. The average Bonchev–Trinajstić information content (AvgIpc) is 2.67. The van der Waals surface area contributed by atoms with E-state index in [0.29, 0.717) is 5.69 Å². The zero-order valence-corrected chi connectivity index (χ0v) is 15.1. The van der Waals surface area contributed by atoms with Gasteiger partial charge in [0.05, 0.1) is 17.6 Å². The first-order valence-corrected chi connectivity index (χ1v) is 8.03. The van der Waals surface area contributed by atoms with Crippen molar-refractivity contribution < 1.29 is 19.8 Å². The Labute approximate surface area is 160 Å². The first kappa shape index (κ1) is 19.7. The number of aromatic nitrogens is 4. The van der Waals surface area contributed by atoms with Crippen LogP contribution in [0.5, 0.6) is 5.88 Å². The topological polar surface area (TPSA) is 147 Å². The molecule has 138 valence electrons. The summed E-state index contributed by atoms with van der Waals surface area (Å²) in [7, 11) is 0. The van der Waals surface area contributed by atoms with E-state index in [4.69, 9.17) is 10.2 Å². The van der Waals surface area contributed by atoms with E-state index in [-0.39, 0.29) is 16.0 Å². The summed E-state index contributed by atoms with van der Waals surface area (Å²) in [4.78, 5) is 33.6. The van der Waals surface area contributed by atoms with Crippen LogP contribution in [0.4, 0.5) is 5.69 Å². The summed E-state index contributed by atoms with van der Waals surface area (Å²) in [5.41, 5.74) is 0.0308. The second-order valence-electron chi connectivity index (χ2n) is 4.77. The molecule has 0 spiro atoms. The summed E-state index contributed by atoms with van der Waals surface area (Å²) in [5.74, 6) is -2.93. The molecule has 0 aliphatic carbocycles. The molecule has 1 aromatic carbocycles. The molecule has 0 atom stereocenters. The van der Waals surface area contributed by atoms with Crippen LogP contribution < -0.4 is 10.9 Å². The highest BCUT2D eigenvalue weighted by molar-refractivity contribution is 9.10. The Kier molecular flexibility index (Phi) is 6.72. The van der Waals surface area contributed by atoms with Gasteiger partial charge in [0.1, 0.15) is 4.47 Å². The van der Waals surface area contributed by atoms with E-state index < -0.39 is 17.4 Å². The Morgan fingerprint density at radius 2 is 1.81 bits per heavy atom. The molecule has 2 aromatic heterocycles. The Balaban J connectivity index is 0.000000313. The molecule has 0 bridgehead atoms. The van der Waals surface area contributed by atoms with Gasteiger partial charge in [-0.25, -0.2) is 4.79 Å². The number of rotatable bonds is 2. The number of hydrogen-bond acceptors (Lipinski definition) is 7. The highest BCUT2D eigenvalue weighted by Gasteiger charge is 2.16. The van der Waals surface area contributed by atoms with Crippen molar-refractivity contribution in [3.8, 4) is 11.6 Å². The maximum Gasteiger partial charge on any atom is 0.394 e. The number of carbonyl (C=O) groups excluding carboxylic acids is 1. The number of amides is 1. The summed E-state index contributed by atoms with van der Waals surface area (Å²) in [5, 5.41) is 29.6. The molecule has 3 aromatic rings. The van der Waals surface area contributed by atoms with E-state index in [2.05, 4.69) is 36.5 Å². The molecule has 0 unspecified atom stereocenters. The van der Waals surface area contributed by atoms with Crippen LogP contribution in [0.15, 0.2) is 64.1 Å². The normalized spacial score (nSPS) is 9.67. The molecular weight excluding hydrogens is 422 g/mol. The number of hydrogen-bond donors (Lipinski definition) is 3. The van der Waals surface area contributed by atoms with Crippen molar-refractivity contribution in [2.45, 2.75) is 0 Å². The summed E-state index contributed by atoms with van der Waals surface area (Å²) in [6.07, 6.45) is 2.69.